The second kappa shape index (κ2) is 10.1. The van der Waals surface area contributed by atoms with Gasteiger partial charge in [0.15, 0.2) is 0 Å². The molecule has 0 amide bonds. The number of hydrogen-bond donors (Lipinski definition) is 0. The van der Waals surface area contributed by atoms with Crippen LogP contribution in [0.3, 0.4) is 0 Å². The maximum Gasteiger partial charge on any atom is 1.00 e. The van der Waals surface area contributed by atoms with Gasteiger partial charge < -0.3 is 9.11 Å². The van der Waals surface area contributed by atoms with Crippen molar-refractivity contribution in [2.75, 3.05) is 0 Å². The van der Waals surface area contributed by atoms with E-state index < -0.39 is 10.4 Å². The van der Waals surface area contributed by atoms with E-state index in [0.717, 1.165) is 0 Å². The van der Waals surface area contributed by atoms with Gasteiger partial charge in [-0.05, 0) is 0 Å². The predicted molar refractivity (Wildman–Crippen MR) is 10.5 cm³/mol. The molecule has 0 rings (SSSR count). The van der Waals surface area contributed by atoms with Crippen LogP contribution in [0.15, 0.2) is 0 Å². The van der Waals surface area contributed by atoms with Crippen LogP contribution in [-0.4, -0.2) is 17.5 Å². The molecule has 8 heavy (non-hydrogen) atoms. The summed E-state index contributed by atoms with van der Waals surface area (Å²) < 4.78 is 34.1. The Morgan fingerprint density at radius 2 is 1.12 bits per heavy atom. The molecule has 0 aliphatic carbocycles. The van der Waals surface area contributed by atoms with Crippen molar-refractivity contribution in [2.24, 2.45) is 0 Å². The topological polar surface area (TPSA) is 80.3 Å². The Bertz CT molecular complexity index is 99.2. The third-order valence-electron chi connectivity index (χ3n) is 0. The minimum absolute atomic E-state index is 0. The smallest absolute Gasteiger partial charge is 0.759 e. The average molecular weight is 165 g/mol. The van der Waals surface area contributed by atoms with Crippen LogP contribution < -0.4 is 99.8 Å². The summed E-state index contributed by atoms with van der Waals surface area (Å²) in [5.74, 6) is 0. The first kappa shape index (κ1) is 22.5. The summed E-state index contributed by atoms with van der Waals surface area (Å²) in [4.78, 5) is 0. The van der Waals surface area contributed by atoms with E-state index in [4.69, 9.17) is 17.5 Å². The van der Waals surface area contributed by atoms with Crippen LogP contribution in [0, 0.1) is 0 Å². The molecule has 0 fully saturated rings. The molecule has 4 nitrogen and oxygen atoms in total. The SMILES string of the molecule is O=S(=O)([O-])[O-].[K+].[Li+].[Na+]. The van der Waals surface area contributed by atoms with Crippen molar-refractivity contribution in [3.05, 3.63) is 0 Å². The first-order valence-corrected chi connectivity index (χ1v) is 2.00. The van der Waals surface area contributed by atoms with E-state index in [-0.39, 0.29) is 99.8 Å². The zero-order valence-corrected chi connectivity index (χ0v) is 11.0. The van der Waals surface area contributed by atoms with Crippen LogP contribution in [0.25, 0.3) is 0 Å². The molecule has 0 spiro atoms. The van der Waals surface area contributed by atoms with Gasteiger partial charge in [0.05, 0.1) is 0 Å². The minimum Gasteiger partial charge on any atom is -0.759 e. The van der Waals surface area contributed by atoms with Crippen molar-refractivity contribution in [1.82, 2.24) is 0 Å². The van der Waals surface area contributed by atoms with E-state index in [0.29, 0.717) is 0 Å². The Morgan fingerprint density at radius 3 is 1.12 bits per heavy atom. The van der Waals surface area contributed by atoms with E-state index in [1.165, 1.54) is 0 Å². The molecule has 32 valence electrons. The Morgan fingerprint density at radius 1 is 1.12 bits per heavy atom. The molecular formula is KLiNaO4S+. The summed E-state index contributed by atoms with van der Waals surface area (Å²) >= 11 is 0. The first-order chi connectivity index (χ1) is 2.00. The first-order valence-electron chi connectivity index (χ1n) is 0.667. The van der Waals surface area contributed by atoms with Gasteiger partial charge in [-0.2, -0.15) is 0 Å². The molecule has 0 aromatic carbocycles. The molecule has 0 aromatic rings. The van der Waals surface area contributed by atoms with Crippen molar-refractivity contribution >= 4 is 10.4 Å². The van der Waals surface area contributed by atoms with E-state index in [1.54, 1.807) is 0 Å². The van der Waals surface area contributed by atoms with Gasteiger partial charge >= 0.3 is 99.8 Å². The quantitative estimate of drug-likeness (QED) is 0.203. The van der Waals surface area contributed by atoms with Crippen molar-refractivity contribution in [2.45, 2.75) is 0 Å². The third-order valence-corrected chi connectivity index (χ3v) is 0. The molecule has 0 heterocycles. The van der Waals surface area contributed by atoms with Crippen LogP contribution >= 0.6 is 0 Å². The Balaban J connectivity index is -0.0000000267. The molecule has 8 heteroatoms. The van der Waals surface area contributed by atoms with Gasteiger partial charge in [0.25, 0.3) is 0 Å². The molecule has 0 N–H and O–H groups in total. The Labute approximate surface area is 125 Å². The summed E-state index contributed by atoms with van der Waals surface area (Å²) in [6.07, 6.45) is 0. The molecule has 0 bridgehead atoms. The van der Waals surface area contributed by atoms with Crippen molar-refractivity contribution < 1.29 is 117 Å². The van der Waals surface area contributed by atoms with E-state index in [9.17, 15) is 0 Å². The monoisotopic (exact) mass is 165 g/mol. The van der Waals surface area contributed by atoms with Crippen LogP contribution in [0.4, 0.5) is 0 Å². The van der Waals surface area contributed by atoms with Gasteiger partial charge in [-0.1, -0.05) is 0 Å². The Kier molecular flexibility index (Phi) is 28.4. The molecule has 0 aliphatic heterocycles. The fourth-order valence-electron chi connectivity index (χ4n) is 0. The summed E-state index contributed by atoms with van der Waals surface area (Å²) in [6, 6.07) is 0. The van der Waals surface area contributed by atoms with Crippen LogP contribution in [-0.2, 0) is 10.4 Å². The van der Waals surface area contributed by atoms with Gasteiger partial charge in [-0.25, -0.2) is 0 Å². The molecule has 0 radical (unpaired) electrons. The van der Waals surface area contributed by atoms with Gasteiger partial charge in [0.1, 0.15) is 0 Å². The van der Waals surface area contributed by atoms with Gasteiger partial charge in [-0.15, -0.1) is 0 Å². The molecular weight excluding hydrogens is 165 g/mol. The minimum atomic E-state index is -5.17. The second-order valence-corrected chi connectivity index (χ2v) is 1.22. The molecule has 0 saturated heterocycles. The van der Waals surface area contributed by atoms with Crippen LogP contribution in [0.5, 0.6) is 0 Å². The maximum atomic E-state index is 8.52. The summed E-state index contributed by atoms with van der Waals surface area (Å²) in [5, 5.41) is 0. The van der Waals surface area contributed by atoms with Crippen molar-refractivity contribution in [3.8, 4) is 0 Å². The summed E-state index contributed by atoms with van der Waals surface area (Å²) in [5.41, 5.74) is 0. The summed E-state index contributed by atoms with van der Waals surface area (Å²) in [7, 11) is -5.17. The average Bonchev–Trinajstić information content (AvgIpc) is 0.722. The fraction of sp³-hybridized carbons (Fsp3) is 0. The zero-order valence-electron chi connectivity index (χ0n) is 5.04. The van der Waals surface area contributed by atoms with Gasteiger partial charge in [-0.3, -0.25) is 8.42 Å². The third kappa shape index (κ3) is 62.1. The van der Waals surface area contributed by atoms with E-state index in [1.807, 2.05) is 0 Å². The van der Waals surface area contributed by atoms with E-state index >= 15 is 0 Å². The van der Waals surface area contributed by atoms with E-state index in [2.05, 4.69) is 0 Å². The maximum absolute atomic E-state index is 8.52. The standard InChI is InChI=1S/K.Li.Na.H2O4S/c;;;1-5(2,3)4/h;;;(H2,1,2,3,4)/q3*+1;/p-2. The number of rotatable bonds is 0. The van der Waals surface area contributed by atoms with Crippen molar-refractivity contribution in [3.63, 3.8) is 0 Å². The van der Waals surface area contributed by atoms with Crippen molar-refractivity contribution in [1.29, 1.82) is 0 Å². The van der Waals surface area contributed by atoms with Gasteiger partial charge in [0.2, 0.25) is 0 Å². The zero-order chi connectivity index (χ0) is 4.50. The van der Waals surface area contributed by atoms with Gasteiger partial charge in [0, 0.05) is 10.4 Å². The molecule has 0 aliphatic rings. The molecule has 0 unspecified atom stereocenters. The molecule has 0 aromatic heterocycles. The largest absolute Gasteiger partial charge is 1.00 e. The number of hydrogen-bond acceptors (Lipinski definition) is 4. The predicted octanol–water partition coefficient (Wildman–Crippen LogP) is -10.3. The summed E-state index contributed by atoms with van der Waals surface area (Å²) in [6.45, 7) is 0. The van der Waals surface area contributed by atoms with Crippen LogP contribution in [0.1, 0.15) is 0 Å². The molecule has 0 atom stereocenters. The second-order valence-electron chi connectivity index (χ2n) is 0.408. The molecule has 0 saturated carbocycles. The Hall–Kier alpha value is 3.10. The van der Waals surface area contributed by atoms with Crippen LogP contribution in [0.2, 0.25) is 0 Å². The normalized spacial score (nSPS) is 7.25. The fourth-order valence-corrected chi connectivity index (χ4v) is 0.